The Morgan fingerprint density at radius 2 is 2.38 bits per heavy atom. The van der Waals surface area contributed by atoms with E-state index in [0.29, 0.717) is 13.2 Å². The fourth-order valence-electron chi connectivity index (χ4n) is 2.41. The van der Waals surface area contributed by atoms with E-state index < -0.39 is 0 Å². The third-order valence-electron chi connectivity index (χ3n) is 3.32. The number of hydrogen-bond acceptors (Lipinski definition) is 4. The summed E-state index contributed by atoms with van der Waals surface area (Å²) in [5.74, 6) is 0.135. The van der Waals surface area contributed by atoms with Crippen LogP contribution in [0.1, 0.15) is 19.3 Å². The fraction of sp³-hybridized carbons (Fsp3) is 0.909. The number of morpholine rings is 1. The Morgan fingerprint density at radius 3 is 3.19 bits per heavy atom. The lowest BCUT2D eigenvalue weighted by Crippen LogP contribution is -2.53. The average Bonchev–Trinajstić information content (AvgIpc) is 2.54. The molecule has 0 aliphatic carbocycles. The van der Waals surface area contributed by atoms with E-state index in [2.05, 4.69) is 10.2 Å². The van der Waals surface area contributed by atoms with Gasteiger partial charge in [-0.2, -0.15) is 0 Å². The highest BCUT2D eigenvalue weighted by Gasteiger charge is 2.31. The van der Waals surface area contributed by atoms with E-state index >= 15 is 0 Å². The molecule has 0 bridgehead atoms. The van der Waals surface area contributed by atoms with Gasteiger partial charge in [0.2, 0.25) is 5.91 Å². The number of nitrogens with one attached hydrogen (secondary N) is 1. The summed E-state index contributed by atoms with van der Waals surface area (Å²) < 4.78 is 5.39. The lowest BCUT2D eigenvalue weighted by atomic mass is 10.1. The zero-order valence-electron chi connectivity index (χ0n) is 9.52. The summed E-state index contributed by atoms with van der Waals surface area (Å²) in [4.78, 5) is 14.0. The monoisotopic (exact) mass is 228 g/mol. The number of nitrogens with zero attached hydrogens (tertiary/aromatic N) is 1. The summed E-state index contributed by atoms with van der Waals surface area (Å²) >= 11 is 0. The summed E-state index contributed by atoms with van der Waals surface area (Å²) in [6.45, 7) is 2.88. The molecular formula is C11H20N2O3. The molecule has 2 atom stereocenters. The van der Waals surface area contributed by atoms with Gasteiger partial charge in [-0.05, 0) is 19.3 Å². The van der Waals surface area contributed by atoms with Crippen molar-refractivity contribution in [1.29, 1.82) is 0 Å². The summed E-state index contributed by atoms with van der Waals surface area (Å²) in [6, 6.07) is -0.0274. The van der Waals surface area contributed by atoms with Crippen molar-refractivity contribution >= 4 is 5.91 Å². The van der Waals surface area contributed by atoms with Gasteiger partial charge in [-0.15, -0.1) is 0 Å². The normalized spacial score (nSPS) is 33.2. The van der Waals surface area contributed by atoms with Crippen LogP contribution >= 0.6 is 0 Å². The van der Waals surface area contributed by atoms with Crippen molar-refractivity contribution < 1.29 is 14.6 Å². The highest BCUT2D eigenvalue weighted by molar-refractivity contribution is 5.81. The van der Waals surface area contributed by atoms with E-state index in [1.54, 1.807) is 0 Å². The van der Waals surface area contributed by atoms with E-state index in [0.717, 1.165) is 32.4 Å². The van der Waals surface area contributed by atoms with Crippen molar-refractivity contribution in [2.24, 2.45) is 0 Å². The van der Waals surface area contributed by atoms with Crippen LogP contribution in [0.3, 0.4) is 0 Å². The second kappa shape index (κ2) is 5.61. The average molecular weight is 228 g/mol. The predicted molar refractivity (Wildman–Crippen MR) is 59.0 cm³/mol. The molecular weight excluding hydrogens is 208 g/mol. The number of amides is 1. The largest absolute Gasteiger partial charge is 0.394 e. The van der Waals surface area contributed by atoms with Gasteiger partial charge in [-0.3, -0.25) is 9.69 Å². The van der Waals surface area contributed by atoms with Gasteiger partial charge >= 0.3 is 0 Å². The van der Waals surface area contributed by atoms with Crippen molar-refractivity contribution in [3.05, 3.63) is 0 Å². The van der Waals surface area contributed by atoms with Gasteiger partial charge in [0.25, 0.3) is 0 Å². The van der Waals surface area contributed by atoms with E-state index in [1.165, 1.54) is 0 Å². The van der Waals surface area contributed by atoms with Crippen LogP contribution in [0.2, 0.25) is 0 Å². The number of aliphatic hydroxyl groups excluding tert-OH is 1. The Morgan fingerprint density at radius 1 is 1.50 bits per heavy atom. The van der Waals surface area contributed by atoms with Gasteiger partial charge in [-0.1, -0.05) is 0 Å². The second-order valence-electron chi connectivity index (χ2n) is 4.47. The zero-order valence-corrected chi connectivity index (χ0v) is 9.52. The quantitative estimate of drug-likeness (QED) is 0.659. The van der Waals surface area contributed by atoms with E-state index in [9.17, 15) is 4.79 Å². The second-order valence-corrected chi connectivity index (χ2v) is 4.47. The summed E-state index contributed by atoms with van der Waals surface area (Å²) in [5.41, 5.74) is 0. The van der Waals surface area contributed by atoms with E-state index in [-0.39, 0.29) is 24.7 Å². The van der Waals surface area contributed by atoms with Crippen LogP contribution in [0.5, 0.6) is 0 Å². The van der Waals surface area contributed by atoms with Gasteiger partial charge in [0.15, 0.2) is 0 Å². The third-order valence-corrected chi connectivity index (χ3v) is 3.32. The molecule has 0 aromatic rings. The minimum Gasteiger partial charge on any atom is -0.394 e. The predicted octanol–water partition coefficient (Wildman–Crippen LogP) is -0.652. The highest BCUT2D eigenvalue weighted by Crippen LogP contribution is 2.16. The number of rotatable bonds is 2. The number of ether oxygens (including phenoxy) is 1. The van der Waals surface area contributed by atoms with Crippen LogP contribution in [0.25, 0.3) is 0 Å². The van der Waals surface area contributed by atoms with Crippen molar-refractivity contribution in [1.82, 2.24) is 10.2 Å². The minimum atomic E-state index is -0.134. The Labute approximate surface area is 95.8 Å². The molecule has 2 unspecified atom stereocenters. The molecule has 0 spiro atoms. The minimum absolute atomic E-state index is 0.0274. The highest BCUT2D eigenvalue weighted by atomic mass is 16.5. The smallest absolute Gasteiger partial charge is 0.237 e. The summed E-state index contributed by atoms with van der Waals surface area (Å²) in [7, 11) is 0. The van der Waals surface area contributed by atoms with Crippen LogP contribution in [0.4, 0.5) is 0 Å². The molecule has 2 N–H and O–H groups in total. The van der Waals surface area contributed by atoms with Crippen molar-refractivity contribution in [2.75, 3.05) is 32.8 Å². The molecule has 0 aromatic carbocycles. The fourth-order valence-corrected chi connectivity index (χ4v) is 2.41. The molecule has 2 heterocycles. The molecule has 2 fully saturated rings. The molecule has 2 rings (SSSR count). The topological polar surface area (TPSA) is 61.8 Å². The van der Waals surface area contributed by atoms with Gasteiger partial charge in [0, 0.05) is 19.6 Å². The molecule has 92 valence electrons. The van der Waals surface area contributed by atoms with Crippen molar-refractivity contribution in [2.45, 2.75) is 31.4 Å². The van der Waals surface area contributed by atoms with Crippen LogP contribution in [0, 0.1) is 0 Å². The maximum Gasteiger partial charge on any atom is 0.237 e. The molecule has 16 heavy (non-hydrogen) atoms. The van der Waals surface area contributed by atoms with Gasteiger partial charge < -0.3 is 15.2 Å². The molecule has 2 aliphatic rings. The molecule has 5 heteroatoms. The van der Waals surface area contributed by atoms with Gasteiger partial charge in [0.1, 0.15) is 0 Å². The number of hydrogen-bond donors (Lipinski definition) is 2. The van der Waals surface area contributed by atoms with E-state index in [4.69, 9.17) is 9.84 Å². The van der Waals surface area contributed by atoms with Gasteiger partial charge in [-0.25, -0.2) is 0 Å². The molecule has 0 aromatic heterocycles. The van der Waals surface area contributed by atoms with Crippen molar-refractivity contribution in [3.8, 4) is 0 Å². The number of carbonyl (C=O) groups is 1. The first-order valence-corrected chi connectivity index (χ1v) is 6.05. The molecule has 5 nitrogen and oxygen atoms in total. The maximum absolute atomic E-state index is 11.9. The lowest BCUT2D eigenvalue weighted by molar-refractivity contribution is -0.130. The van der Waals surface area contributed by atoms with Crippen LogP contribution < -0.4 is 5.32 Å². The first-order valence-electron chi connectivity index (χ1n) is 6.05. The third kappa shape index (κ3) is 2.72. The maximum atomic E-state index is 11.9. The Bertz CT molecular complexity index is 247. The van der Waals surface area contributed by atoms with Gasteiger partial charge in [0.05, 0.1) is 25.4 Å². The molecule has 1 amide bonds. The first-order chi connectivity index (χ1) is 7.81. The Kier molecular flexibility index (Phi) is 4.15. The Balaban J connectivity index is 1.95. The van der Waals surface area contributed by atoms with Crippen LogP contribution in [0.15, 0.2) is 0 Å². The zero-order chi connectivity index (χ0) is 11.4. The van der Waals surface area contributed by atoms with Crippen LogP contribution in [-0.4, -0.2) is 60.9 Å². The number of carbonyl (C=O) groups excluding carboxylic acids is 1. The molecule has 0 saturated carbocycles. The first kappa shape index (κ1) is 11.8. The molecule has 2 aliphatic heterocycles. The molecule has 2 saturated heterocycles. The number of aliphatic hydroxyl groups is 1. The lowest BCUT2D eigenvalue weighted by Gasteiger charge is -2.36. The molecule has 0 radical (unpaired) electrons. The van der Waals surface area contributed by atoms with E-state index in [1.807, 2.05) is 0 Å². The van der Waals surface area contributed by atoms with Crippen molar-refractivity contribution in [3.63, 3.8) is 0 Å². The summed E-state index contributed by atoms with van der Waals surface area (Å²) in [6.07, 6.45) is 2.94. The summed E-state index contributed by atoms with van der Waals surface area (Å²) in [5, 5.41) is 12.0. The van der Waals surface area contributed by atoms with Crippen LogP contribution in [-0.2, 0) is 9.53 Å². The standard InChI is InChI=1S/C11H20N2O3/c14-8-9-7-13(5-6-16-9)10-3-1-2-4-12-11(10)15/h9-10,14H,1-8H2,(H,12,15). The SMILES string of the molecule is O=C1NCCCCC1N1CCOC(CO)C1. The Hall–Kier alpha value is -0.650.